The molecule has 1 amide bonds. The highest BCUT2D eigenvalue weighted by atomic mass is 32.2. The number of fused-ring (bicyclic) bond motifs is 1. The fourth-order valence-corrected chi connectivity index (χ4v) is 2.95. The van der Waals surface area contributed by atoms with E-state index >= 15 is 0 Å². The summed E-state index contributed by atoms with van der Waals surface area (Å²) in [5.41, 5.74) is 2.09. The highest BCUT2D eigenvalue weighted by molar-refractivity contribution is 7.99. The number of nitrogens with one attached hydrogen (secondary N) is 1. The Bertz CT molecular complexity index is 703. The molecule has 1 N–H and O–H groups in total. The van der Waals surface area contributed by atoms with Crippen LogP contribution in [0, 0.1) is 6.92 Å². The van der Waals surface area contributed by atoms with Gasteiger partial charge in [0.05, 0.1) is 23.4 Å². The maximum atomic E-state index is 11.8. The van der Waals surface area contributed by atoms with Gasteiger partial charge in [-0.2, -0.15) is 0 Å². The van der Waals surface area contributed by atoms with Crippen LogP contribution in [-0.4, -0.2) is 36.3 Å². The van der Waals surface area contributed by atoms with Crippen LogP contribution in [0.4, 0.5) is 0 Å². The van der Waals surface area contributed by atoms with Gasteiger partial charge in [-0.1, -0.05) is 30.0 Å². The third kappa shape index (κ3) is 5.25. The Morgan fingerprint density at radius 3 is 2.87 bits per heavy atom. The first kappa shape index (κ1) is 17.3. The molecule has 0 bridgehead atoms. The minimum absolute atomic E-state index is 0.0625. The second kappa shape index (κ2) is 8.53. The molecule has 0 radical (unpaired) electrons. The van der Waals surface area contributed by atoms with Gasteiger partial charge in [-0.25, -0.2) is 4.98 Å². The number of rotatable bonds is 7. The number of pyridine rings is 1. The van der Waals surface area contributed by atoms with Gasteiger partial charge in [-0.15, -0.1) is 0 Å². The zero-order chi connectivity index (χ0) is 16.7. The number of para-hydroxylation sites is 1. The molecule has 23 heavy (non-hydrogen) atoms. The summed E-state index contributed by atoms with van der Waals surface area (Å²) >= 11 is 1.41. The van der Waals surface area contributed by atoms with E-state index < -0.39 is 0 Å². The lowest BCUT2D eigenvalue weighted by Gasteiger charge is -2.07. The fourth-order valence-electron chi connectivity index (χ4n) is 2.15. The van der Waals surface area contributed by atoms with Crippen molar-refractivity contribution in [3.63, 3.8) is 0 Å². The number of aryl methyl sites for hydroxylation is 1. The smallest absolute Gasteiger partial charge is 0.305 e. The Balaban J connectivity index is 1.81. The predicted octanol–water partition coefficient (Wildman–Crippen LogP) is 2.70. The lowest BCUT2D eigenvalue weighted by atomic mass is 10.1. The molecule has 1 aromatic carbocycles. The molecular weight excluding hydrogens is 312 g/mol. The molecule has 0 saturated carbocycles. The fraction of sp³-hybridized carbons (Fsp3) is 0.353. The van der Waals surface area contributed by atoms with Crippen LogP contribution in [0.1, 0.15) is 18.4 Å². The van der Waals surface area contributed by atoms with Crippen LogP contribution >= 0.6 is 11.8 Å². The van der Waals surface area contributed by atoms with Crippen molar-refractivity contribution in [1.29, 1.82) is 0 Å². The minimum Gasteiger partial charge on any atom is -0.469 e. The van der Waals surface area contributed by atoms with Crippen molar-refractivity contribution in [3.05, 3.63) is 35.9 Å². The van der Waals surface area contributed by atoms with Crippen molar-refractivity contribution in [1.82, 2.24) is 10.3 Å². The van der Waals surface area contributed by atoms with Crippen molar-refractivity contribution >= 4 is 34.5 Å². The highest BCUT2D eigenvalue weighted by Crippen LogP contribution is 2.23. The first-order valence-corrected chi connectivity index (χ1v) is 8.41. The lowest BCUT2D eigenvalue weighted by molar-refractivity contribution is -0.140. The number of carbonyl (C=O) groups is 2. The van der Waals surface area contributed by atoms with Crippen LogP contribution in [0.2, 0.25) is 0 Å². The second-order valence-electron chi connectivity index (χ2n) is 5.11. The van der Waals surface area contributed by atoms with Gasteiger partial charge in [-0.3, -0.25) is 9.59 Å². The summed E-state index contributed by atoms with van der Waals surface area (Å²) in [6.45, 7) is 2.51. The molecule has 0 atom stereocenters. The third-order valence-electron chi connectivity index (χ3n) is 3.36. The first-order valence-electron chi connectivity index (χ1n) is 7.43. The molecule has 0 saturated heterocycles. The summed E-state index contributed by atoms with van der Waals surface area (Å²) < 4.78 is 4.54. The molecule has 1 heterocycles. The highest BCUT2D eigenvalue weighted by Gasteiger charge is 2.07. The number of esters is 1. The summed E-state index contributed by atoms with van der Waals surface area (Å²) in [6, 6.07) is 9.96. The Kier molecular flexibility index (Phi) is 6.40. The summed E-state index contributed by atoms with van der Waals surface area (Å²) in [5.74, 6) is -0.0137. The van der Waals surface area contributed by atoms with E-state index in [4.69, 9.17) is 0 Å². The van der Waals surface area contributed by atoms with E-state index in [0.29, 0.717) is 25.1 Å². The topological polar surface area (TPSA) is 68.3 Å². The average Bonchev–Trinajstić information content (AvgIpc) is 2.56. The maximum Gasteiger partial charge on any atom is 0.305 e. The SMILES string of the molecule is COC(=O)CCCNC(=O)CSc1cc(C)c2ccccc2n1. The predicted molar refractivity (Wildman–Crippen MR) is 91.5 cm³/mol. The van der Waals surface area contributed by atoms with Crippen molar-refractivity contribution in [3.8, 4) is 0 Å². The van der Waals surface area contributed by atoms with E-state index in [-0.39, 0.29) is 11.9 Å². The van der Waals surface area contributed by atoms with Gasteiger partial charge in [0.25, 0.3) is 0 Å². The number of hydrogen-bond acceptors (Lipinski definition) is 5. The van der Waals surface area contributed by atoms with Gasteiger partial charge >= 0.3 is 5.97 Å². The molecule has 0 spiro atoms. The van der Waals surface area contributed by atoms with E-state index in [2.05, 4.69) is 15.0 Å². The van der Waals surface area contributed by atoms with Crippen LogP contribution in [0.3, 0.4) is 0 Å². The Hall–Kier alpha value is -2.08. The third-order valence-corrected chi connectivity index (χ3v) is 4.27. The molecule has 0 fully saturated rings. The second-order valence-corrected chi connectivity index (χ2v) is 6.11. The van der Waals surface area contributed by atoms with Crippen LogP contribution in [-0.2, 0) is 14.3 Å². The monoisotopic (exact) mass is 332 g/mol. The van der Waals surface area contributed by atoms with Gasteiger partial charge in [0.15, 0.2) is 0 Å². The minimum atomic E-state index is -0.260. The van der Waals surface area contributed by atoms with E-state index in [1.54, 1.807) is 0 Å². The van der Waals surface area contributed by atoms with Crippen LogP contribution in [0.25, 0.3) is 10.9 Å². The number of amides is 1. The number of nitrogens with zero attached hydrogens (tertiary/aromatic N) is 1. The normalized spacial score (nSPS) is 10.5. The largest absolute Gasteiger partial charge is 0.469 e. The van der Waals surface area contributed by atoms with E-state index in [9.17, 15) is 9.59 Å². The van der Waals surface area contributed by atoms with Gasteiger partial charge in [0.2, 0.25) is 5.91 Å². The Labute approximate surface area is 139 Å². The molecule has 2 aromatic rings. The van der Waals surface area contributed by atoms with Crippen molar-refractivity contribution < 1.29 is 14.3 Å². The number of carbonyl (C=O) groups excluding carboxylic acids is 2. The van der Waals surface area contributed by atoms with Gasteiger partial charge < -0.3 is 10.1 Å². The molecule has 2 rings (SSSR count). The number of ether oxygens (including phenoxy) is 1. The average molecular weight is 332 g/mol. The molecule has 5 nitrogen and oxygen atoms in total. The molecule has 0 aliphatic heterocycles. The summed E-state index contributed by atoms with van der Waals surface area (Å²) in [6.07, 6.45) is 0.895. The number of aromatic nitrogens is 1. The molecular formula is C17H20N2O3S. The first-order chi connectivity index (χ1) is 11.1. The standard InChI is InChI=1S/C17H20N2O3S/c1-12-10-16(19-14-7-4-3-6-13(12)14)23-11-15(20)18-9-5-8-17(21)22-2/h3-4,6-7,10H,5,8-9,11H2,1-2H3,(H,18,20). The molecule has 0 aliphatic carbocycles. The summed E-state index contributed by atoms with van der Waals surface area (Å²) in [4.78, 5) is 27.3. The number of thioether (sulfide) groups is 1. The molecule has 1 aromatic heterocycles. The zero-order valence-corrected chi connectivity index (χ0v) is 14.1. The maximum absolute atomic E-state index is 11.8. The Morgan fingerprint density at radius 2 is 2.09 bits per heavy atom. The van der Waals surface area contributed by atoms with Crippen LogP contribution in [0.5, 0.6) is 0 Å². The Morgan fingerprint density at radius 1 is 1.30 bits per heavy atom. The van der Waals surface area contributed by atoms with E-state index in [1.165, 1.54) is 18.9 Å². The number of hydrogen-bond donors (Lipinski definition) is 1. The quantitative estimate of drug-likeness (QED) is 0.480. The van der Waals surface area contributed by atoms with Gasteiger partial charge in [0, 0.05) is 18.4 Å². The van der Waals surface area contributed by atoms with Crippen LogP contribution < -0.4 is 5.32 Å². The van der Waals surface area contributed by atoms with E-state index in [0.717, 1.165) is 21.5 Å². The van der Waals surface area contributed by atoms with Gasteiger partial charge in [0.1, 0.15) is 0 Å². The van der Waals surface area contributed by atoms with Crippen molar-refractivity contribution in [2.75, 3.05) is 19.4 Å². The molecule has 0 aliphatic rings. The zero-order valence-electron chi connectivity index (χ0n) is 13.3. The van der Waals surface area contributed by atoms with Crippen LogP contribution in [0.15, 0.2) is 35.4 Å². The number of methoxy groups -OCH3 is 1. The molecule has 0 unspecified atom stereocenters. The summed E-state index contributed by atoms with van der Waals surface area (Å²) in [7, 11) is 1.36. The molecule has 6 heteroatoms. The summed E-state index contributed by atoms with van der Waals surface area (Å²) in [5, 5.41) is 4.76. The van der Waals surface area contributed by atoms with Crippen molar-refractivity contribution in [2.45, 2.75) is 24.8 Å². The van der Waals surface area contributed by atoms with Crippen molar-refractivity contribution in [2.24, 2.45) is 0 Å². The number of benzene rings is 1. The molecule has 122 valence electrons. The van der Waals surface area contributed by atoms with Gasteiger partial charge in [-0.05, 0) is 31.0 Å². The van der Waals surface area contributed by atoms with E-state index in [1.807, 2.05) is 37.3 Å². The lowest BCUT2D eigenvalue weighted by Crippen LogP contribution is -2.26.